The van der Waals surface area contributed by atoms with Gasteiger partial charge in [-0.1, -0.05) is 12.1 Å². The monoisotopic (exact) mass is 222 g/mol. The molecule has 1 N–H and O–H groups in total. The summed E-state index contributed by atoms with van der Waals surface area (Å²) in [6, 6.07) is 9.20. The molecule has 1 aromatic rings. The lowest BCUT2D eigenvalue weighted by Crippen LogP contribution is -2.20. The van der Waals surface area contributed by atoms with Crippen molar-refractivity contribution in [1.82, 2.24) is 0 Å². The van der Waals surface area contributed by atoms with Crippen LogP contribution in [0.3, 0.4) is 0 Å². The molecule has 1 amide bonds. The molecule has 1 aromatic carbocycles. The number of nitriles is 1. The molecule has 0 heterocycles. The zero-order valence-electron chi connectivity index (χ0n) is 8.33. The highest BCUT2D eigenvalue weighted by atomic mass is 35.5. The van der Waals surface area contributed by atoms with E-state index in [9.17, 15) is 4.79 Å². The van der Waals surface area contributed by atoms with Crippen LogP contribution in [0.15, 0.2) is 24.3 Å². The van der Waals surface area contributed by atoms with Gasteiger partial charge in [-0.05, 0) is 24.6 Å². The molecule has 0 spiro atoms. The number of halogens is 1. The molecule has 0 aliphatic rings. The summed E-state index contributed by atoms with van der Waals surface area (Å²) < 4.78 is 0. The highest BCUT2D eigenvalue weighted by Gasteiger charge is 2.08. The average Bonchev–Trinajstić information content (AvgIpc) is 2.18. The van der Waals surface area contributed by atoms with Gasteiger partial charge >= 0.3 is 0 Å². The van der Waals surface area contributed by atoms with Crippen molar-refractivity contribution < 1.29 is 4.79 Å². The molecule has 1 unspecified atom stereocenters. The first kappa shape index (κ1) is 11.5. The lowest BCUT2D eigenvalue weighted by Gasteiger charge is -2.07. The van der Waals surface area contributed by atoms with E-state index in [0.717, 1.165) is 5.56 Å². The van der Waals surface area contributed by atoms with E-state index in [1.165, 1.54) is 0 Å². The minimum atomic E-state index is -0.565. The van der Waals surface area contributed by atoms with Gasteiger partial charge in [0.05, 0.1) is 12.5 Å². The predicted octanol–water partition coefficient (Wildman–Crippen LogP) is 2.32. The van der Waals surface area contributed by atoms with Gasteiger partial charge in [-0.15, -0.1) is 11.6 Å². The van der Waals surface area contributed by atoms with Gasteiger partial charge in [0.2, 0.25) is 5.91 Å². The molecule has 1 rings (SSSR count). The maximum atomic E-state index is 11.3. The molecule has 78 valence electrons. The minimum absolute atomic E-state index is 0.245. The maximum Gasteiger partial charge on any atom is 0.242 e. The van der Waals surface area contributed by atoms with Crippen LogP contribution in [0.4, 0.5) is 5.69 Å². The predicted molar refractivity (Wildman–Crippen MR) is 59.7 cm³/mol. The minimum Gasteiger partial charge on any atom is -0.325 e. The molecule has 3 nitrogen and oxygen atoms in total. The number of amides is 1. The summed E-state index contributed by atoms with van der Waals surface area (Å²) >= 11 is 5.61. The highest BCUT2D eigenvalue weighted by Crippen LogP contribution is 2.12. The first-order valence-corrected chi connectivity index (χ1v) is 4.98. The topological polar surface area (TPSA) is 52.9 Å². The smallest absolute Gasteiger partial charge is 0.242 e. The largest absolute Gasteiger partial charge is 0.325 e. The van der Waals surface area contributed by atoms with Crippen LogP contribution in [0, 0.1) is 11.3 Å². The van der Waals surface area contributed by atoms with Gasteiger partial charge in [0, 0.05) is 5.69 Å². The van der Waals surface area contributed by atoms with Crippen molar-refractivity contribution in [3.05, 3.63) is 29.8 Å². The van der Waals surface area contributed by atoms with Gasteiger partial charge in [0.25, 0.3) is 0 Å². The Morgan fingerprint density at radius 2 is 2.40 bits per heavy atom. The number of nitrogens with one attached hydrogen (secondary N) is 1. The van der Waals surface area contributed by atoms with Crippen LogP contribution in [-0.4, -0.2) is 11.3 Å². The third kappa shape index (κ3) is 3.61. The Kier molecular flexibility index (Phi) is 4.14. The van der Waals surface area contributed by atoms with Crippen molar-refractivity contribution in [1.29, 1.82) is 5.26 Å². The fourth-order valence-electron chi connectivity index (χ4n) is 1.09. The number of hydrogen-bond donors (Lipinski definition) is 1. The fourth-order valence-corrected chi connectivity index (χ4v) is 1.15. The summed E-state index contributed by atoms with van der Waals surface area (Å²) in [5.74, 6) is -0.245. The normalized spacial score (nSPS) is 11.5. The van der Waals surface area contributed by atoms with Crippen molar-refractivity contribution in [2.75, 3.05) is 5.32 Å². The summed E-state index contributed by atoms with van der Waals surface area (Å²) in [5.41, 5.74) is 1.54. The molecule has 0 saturated carbocycles. The molecule has 1 atom stereocenters. The summed E-state index contributed by atoms with van der Waals surface area (Å²) in [6.07, 6.45) is 0.333. The number of rotatable bonds is 3. The zero-order chi connectivity index (χ0) is 11.3. The van der Waals surface area contributed by atoms with Crippen LogP contribution in [-0.2, 0) is 11.2 Å². The lowest BCUT2D eigenvalue weighted by molar-refractivity contribution is -0.115. The number of anilines is 1. The van der Waals surface area contributed by atoms with E-state index in [0.29, 0.717) is 12.1 Å². The molecule has 0 aromatic heterocycles. The second-order valence-corrected chi connectivity index (χ2v) is 3.80. The van der Waals surface area contributed by atoms with Crippen LogP contribution in [0.5, 0.6) is 0 Å². The first-order valence-electron chi connectivity index (χ1n) is 4.54. The standard InChI is InChI=1S/C11H11ClN2O/c1-8(12)11(15)14-10-4-2-3-9(7-10)5-6-13/h2-4,7-8H,5H2,1H3,(H,14,15). The van der Waals surface area contributed by atoms with E-state index in [2.05, 4.69) is 5.32 Å². The highest BCUT2D eigenvalue weighted by molar-refractivity contribution is 6.32. The first-order chi connectivity index (χ1) is 7.13. The van der Waals surface area contributed by atoms with E-state index in [1.807, 2.05) is 12.1 Å². The molecule has 0 saturated heterocycles. The Hall–Kier alpha value is -1.53. The number of alkyl halides is 1. The van der Waals surface area contributed by atoms with E-state index < -0.39 is 5.38 Å². The summed E-state index contributed by atoms with van der Waals surface area (Å²) in [5, 5.41) is 10.6. The molecule has 15 heavy (non-hydrogen) atoms. The zero-order valence-corrected chi connectivity index (χ0v) is 9.08. The molecular formula is C11H11ClN2O. The number of hydrogen-bond acceptors (Lipinski definition) is 2. The quantitative estimate of drug-likeness (QED) is 0.798. The number of carbonyl (C=O) groups excluding carboxylic acids is 1. The van der Waals surface area contributed by atoms with Gasteiger partial charge in [-0.3, -0.25) is 4.79 Å². The third-order valence-electron chi connectivity index (χ3n) is 1.84. The van der Waals surface area contributed by atoms with Crippen molar-refractivity contribution in [3.8, 4) is 6.07 Å². The molecule has 4 heteroatoms. The fraction of sp³-hybridized carbons (Fsp3) is 0.273. The Balaban J connectivity index is 2.74. The van der Waals surface area contributed by atoms with Crippen LogP contribution in [0.1, 0.15) is 12.5 Å². The summed E-state index contributed by atoms with van der Waals surface area (Å²) in [4.78, 5) is 11.3. The van der Waals surface area contributed by atoms with Gasteiger partial charge in [-0.2, -0.15) is 5.26 Å². The molecule has 0 aliphatic heterocycles. The molecule has 0 fully saturated rings. The van der Waals surface area contributed by atoms with Gasteiger partial charge in [0.15, 0.2) is 0 Å². The van der Waals surface area contributed by atoms with Crippen LogP contribution >= 0.6 is 11.6 Å². The Labute approximate surface area is 93.7 Å². The molecule has 0 radical (unpaired) electrons. The van der Waals surface area contributed by atoms with Crippen LogP contribution < -0.4 is 5.32 Å². The Morgan fingerprint density at radius 1 is 1.67 bits per heavy atom. The Bertz CT molecular complexity index is 396. The van der Waals surface area contributed by atoms with E-state index >= 15 is 0 Å². The van der Waals surface area contributed by atoms with Crippen molar-refractivity contribution in [2.24, 2.45) is 0 Å². The van der Waals surface area contributed by atoms with E-state index in [-0.39, 0.29) is 5.91 Å². The van der Waals surface area contributed by atoms with Crippen molar-refractivity contribution in [2.45, 2.75) is 18.7 Å². The summed E-state index contributed by atoms with van der Waals surface area (Å²) in [7, 11) is 0. The van der Waals surface area contributed by atoms with Crippen molar-refractivity contribution >= 4 is 23.2 Å². The second kappa shape index (κ2) is 5.38. The lowest BCUT2D eigenvalue weighted by atomic mass is 10.1. The maximum absolute atomic E-state index is 11.3. The molecule has 0 bridgehead atoms. The molecule has 0 aliphatic carbocycles. The number of carbonyl (C=O) groups is 1. The number of nitrogens with zero attached hydrogens (tertiary/aromatic N) is 1. The van der Waals surface area contributed by atoms with E-state index in [1.54, 1.807) is 25.1 Å². The average molecular weight is 223 g/mol. The SMILES string of the molecule is CC(Cl)C(=O)Nc1cccc(CC#N)c1. The Morgan fingerprint density at radius 3 is 3.00 bits per heavy atom. The van der Waals surface area contributed by atoms with Crippen molar-refractivity contribution in [3.63, 3.8) is 0 Å². The van der Waals surface area contributed by atoms with E-state index in [4.69, 9.17) is 16.9 Å². The molecular weight excluding hydrogens is 212 g/mol. The van der Waals surface area contributed by atoms with Crippen LogP contribution in [0.25, 0.3) is 0 Å². The second-order valence-electron chi connectivity index (χ2n) is 3.14. The van der Waals surface area contributed by atoms with Gasteiger partial charge < -0.3 is 5.32 Å². The van der Waals surface area contributed by atoms with Gasteiger partial charge in [-0.25, -0.2) is 0 Å². The summed E-state index contributed by atoms with van der Waals surface area (Å²) in [6.45, 7) is 1.61. The third-order valence-corrected chi connectivity index (χ3v) is 2.04. The number of benzene rings is 1. The van der Waals surface area contributed by atoms with Gasteiger partial charge in [0.1, 0.15) is 5.38 Å². The van der Waals surface area contributed by atoms with Crippen LogP contribution in [0.2, 0.25) is 0 Å².